The van der Waals surface area contributed by atoms with Gasteiger partial charge in [0.1, 0.15) is 37.1 Å². The molecule has 5 aromatic rings. The first-order valence-electron chi connectivity index (χ1n) is 21.6. The van der Waals surface area contributed by atoms with Crippen molar-refractivity contribution in [2.75, 3.05) is 31.7 Å². The molecule has 8 rings (SSSR count). The van der Waals surface area contributed by atoms with Crippen LogP contribution in [-0.4, -0.2) is 126 Å². The second kappa shape index (κ2) is 19.2. The van der Waals surface area contributed by atoms with Crippen molar-refractivity contribution in [2.24, 2.45) is 5.92 Å². The van der Waals surface area contributed by atoms with Gasteiger partial charge in [-0.1, -0.05) is 55.4 Å². The predicted molar refractivity (Wildman–Crippen MR) is 249 cm³/mol. The van der Waals surface area contributed by atoms with Crippen molar-refractivity contribution >= 4 is 85.3 Å². The van der Waals surface area contributed by atoms with Gasteiger partial charge in [0.05, 0.1) is 25.9 Å². The topological polar surface area (TPSA) is 259 Å². The molecule has 10 atom stereocenters. The number of nitrogens with zero attached hydrogens (tertiary/aromatic N) is 8. The van der Waals surface area contributed by atoms with E-state index in [-0.39, 0.29) is 58.2 Å². The molecule has 3 aliphatic heterocycles. The minimum atomic E-state index is -4.40. The number of aromatic amines is 2. The Balaban J connectivity index is 1.23. The van der Waals surface area contributed by atoms with Crippen LogP contribution in [0.25, 0.3) is 33.0 Å². The summed E-state index contributed by atoms with van der Waals surface area (Å²) in [5, 5.41) is 2.54. The van der Waals surface area contributed by atoms with Gasteiger partial charge in [-0.2, -0.15) is 4.98 Å². The number of hydrogen-bond donors (Lipinski definition) is 4. The van der Waals surface area contributed by atoms with Gasteiger partial charge in [-0.3, -0.25) is 52.3 Å². The molecule has 1 amide bonds. The van der Waals surface area contributed by atoms with E-state index in [2.05, 4.69) is 81.6 Å². The van der Waals surface area contributed by atoms with Gasteiger partial charge in [-0.05, 0) is 40.2 Å². The zero-order valence-corrected chi connectivity index (χ0v) is 42.1. The monoisotopic (exact) mass is 1030 g/mol. The Hall–Kier alpha value is -3.71. The molecule has 29 heteroatoms. The van der Waals surface area contributed by atoms with Gasteiger partial charge < -0.3 is 37.2 Å². The highest BCUT2D eigenvalue weighted by Gasteiger charge is 2.57. The van der Waals surface area contributed by atoms with Crippen LogP contribution < -0.4 is 16.4 Å². The van der Waals surface area contributed by atoms with Crippen LogP contribution in [0.2, 0.25) is 16.6 Å². The lowest BCUT2D eigenvalue weighted by Crippen LogP contribution is -2.53. The number of alkyl halides is 1. The number of fused-ring (bicyclic) bond motifs is 7. The molecular formula is C38H52FN11O12P2S2Si. The Labute approximate surface area is 393 Å². The van der Waals surface area contributed by atoms with Crippen molar-refractivity contribution in [2.45, 2.75) is 121 Å². The van der Waals surface area contributed by atoms with E-state index in [1.165, 1.54) is 23.4 Å². The third kappa shape index (κ3) is 9.39. The fraction of sp³-hybridized carbons (Fsp3) is 0.632. The summed E-state index contributed by atoms with van der Waals surface area (Å²) >= 11 is 11.7. The van der Waals surface area contributed by atoms with Crippen molar-refractivity contribution in [1.29, 1.82) is 0 Å². The molecular weight excluding hydrogens is 976 g/mol. The van der Waals surface area contributed by atoms with Gasteiger partial charge in [0.15, 0.2) is 41.0 Å². The number of H-pyrrole nitrogens is 2. The van der Waals surface area contributed by atoms with E-state index in [9.17, 15) is 19.3 Å². The summed E-state index contributed by atoms with van der Waals surface area (Å²) in [4.78, 5) is 76.9. The molecule has 5 aromatic heterocycles. The molecule has 67 heavy (non-hydrogen) atoms. The van der Waals surface area contributed by atoms with Gasteiger partial charge in [-0.25, -0.2) is 25.9 Å². The first-order chi connectivity index (χ1) is 31.7. The lowest BCUT2D eigenvalue weighted by atomic mass is 10.1. The number of imidazole rings is 3. The van der Waals surface area contributed by atoms with Gasteiger partial charge in [0.25, 0.3) is 11.1 Å². The second-order valence-corrected chi connectivity index (χ2v) is 28.8. The van der Waals surface area contributed by atoms with Crippen molar-refractivity contribution < 1.29 is 50.6 Å². The van der Waals surface area contributed by atoms with Crippen LogP contribution in [0.15, 0.2) is 34.6 Å². The number of ether oxygens (including phenoxy) is 2. The van der Waals surface area contributed by atoms with Crippen LogP contribution in [0.5, 0.6) is 0 Å². The maximum Gasteiger partial charge on any atom is 0.328 e. The standard InChI is InChI=1S/C38H52FN11O12P2S2Si/c1-18(2)31(51)45-37-44-30-25(32(52)46-37)42-16-49(30)35-28-24(39)22(58-35)14-56-63(54,65)60-27-23(15-57-64(66,61-28)55-13-11-40-9)59-36(29(27)62-67(19(3)4,20(5)6)21(7)8)50-17-43-26-33(53)47-38-41-10-12-48(38)34(26)50/h10,12,16-24,27-29,35-36H,11,13-15H2,1-8H3,(H,54,65)(H,41,47,53)(H2,44,45,46,51,52)/t22-,23-,24-,27-,28-,29-,35-,36-,63?,64?/m1/s1. The average Bonchev–Trinajstić information content (AvgIpc) is 4.09. The molecule has 4 N–H and O–H groups in total. The third-order valence-corrected chi connectivity index (χ3v) is 22.2. The van der Waals surface area contributed by atoms with Crippen LogP contribution in [0, 0.1) is 12.5 Å². The minimum absolute atomic E-state index is 0.0403. The molecule has 0 aliphatic carbocycles. The summed E-state index contributed by atoms with van der Waals surface area (Å²) < 4.78 is 73.3. The molecule has 2 unspecified atom stereocenters. The van der Waals surface area contributed by atoms with Crippen LogP contribution >= 0.6 is 13.4 Å². The van der Waals surface area contributed by atoms with E-state index >= 15 is 4.39 Å². The summed E-state index contributed by atoms with van der Waals surface area (Å²) in [6.45, 7) is 13.1. The van der Waals surface area contributed by atoms with Crippen molar-refractivity contribution in [1.82, 2.24) is 43.4 Å². The number of rotatable bonds is 12. The van der Waals surface area contributed by atoms with E-state index < -0.39 is 107 Å². The summed E-state index contributed by atoms with van der Waals surface area (Å²) in [5.74, 6) is -0.855. The Morgan fingerprint density at radius 1 is 0.955 bits per heavy atom. The molecule has 364 valence electrons. The SMILES string of the molecule is [C-]#[N+]CCOP1(=S)OC[C@H]2O[C@@H](n3cnc4c(=O)[nH]c5nccn5c43)[C@H](O[Si](C(C)C)(C(C)C)C(C)C)[C@@H]2OP(O)(=S)OC[C@H]2O[C@@H](n3cnc4c(=O)[nH]c(NC(=O)C(C)C)nc43)[C@H](O1)[C@@H]2F. The molecule has 8 heterocycles. The van der Waals surface area contributed by atoms with Gasteiger partial charge in [0, 0.05) is 18.3 Å². The molecule has 0 spiro atoms. The molecule has 3 saturated heterocycles. The lowest BCUT2D eigenvalue weighted by molar-refractivity contribution is -0.118. The first kappa shape index (κ1) is 49.7. The Morgan fingerprint density at radius 3 is 2.30 bits per heavy atom. The van der Waals surface area contributed by atoms with Gasteiger partial charge in [-0.15, -0.1) is 0 Å². The van der Waals surface area contributed by atoms with E-state index in [4.69, 9.17) is 66.7 Å². The van der Waals surface area contributed by atoms with E-state index in [0.717, 1.165) is 0 Å². The largest absolute Gasteiger partial charge is 0.406 e. The third-order valence-electron chi connectivity index (χ3n) is 12.2. The van der Waals surface area contributed by atoms with Crippen molar-refractivity contribution in [3.8, 4) is 0 Å². The number of amides is 1. The molecule has 0 aromatic carbocycles. The van der Waals surface area contributed by atoms with Crippen LogP contribution in [0.3, 0.4) is 0 Å². The smallest absolute Gasteiger partial charge is 0.328 e. The highest BCUT2D eigenvalue weighted by molar-refractivity contribution is 8.07. The van der Waals surface area contributed by atoms with Crippen LogP contribution in [0.4, 0.5) is 10.3 Å². The Bertz CT molecular complexity index is 2900. The molecule has 3 aliphatic rings. The number of halogens is 1. The number of carbonyl (C=O) groups excluding carboxylic acids is 1. The summed E-state index contributed by atoms with van der Waals surface area (Å²) in [6, 6.07) is 0. The number of anilines is 1. The highest BCUT2D eigenvalue weighted by atomic mass is 32.5. The van der Waals surface area contributed by atoms with Crippen LogP contribution in [0.1, 0.15) is 67.8 Å². The van der Waals surface area contributed by atoms with Crippen molar-refractivity contribution in [3.63, 3.8) is 0 Å². The zero-order chi connectivity index (χ0) is 48.3. The highest BCUT2D eigenvalue weighted by Crippen LogP contribution is 2.58. The fourth-order valence-electron chi connectivity index (χ4n) is 9.19. The number of aromatic nitrogens is 9. The van der Waals surface area contributed by atoms with Crippen LogP contribution in [-0.2, 0) is 64.9 Å². The Morgan fingerprint density at radius 2 is 1.61 bits per heavy atom. The van der Waals surface area contributed by atoms with Crippen molar-refractivity contribution in [3.05, 3.63) is 57.2 Å². The number of carbonyl (C=O) groups is 1. The minimum Gasteiger partial charge on any atom is -0.406 e. The first-order valence-corrected chi connectivity index (χ1v) is 28.9. The quantitative estimate of drug-likeness (QED) is 0.0555. The van der Waals surface area contributed by atoms with E-state index in [0.29, 0.717) is 5.65 Å². The molecule has 0 radical (unpaired) electrons. The van der Waals surface area contributed by atoms with Gasteiger partial charge in [0.2, 0.25) is 32.5 Å². The maximum atomic E-state index is 17.0. The average molecular weight is 1030 g/mol. The number of hydrogen-bond acceptors (Lipinski definition) is 17. The predicted octanol–water partition coefficient (Wildman–Crippen LogP) is 4.99. The Kier molecular flexibility index (Phi) is 14.3. The summed E-state index contributed by atoms with van der Waals surface area (Å²) in [7, 11) is -2.89. The fourth-order valence-corrected chi connectivity index (χ4v) is 18.2. The maximum absolute atomic E-state index is 17.0. The molecule has 0 saturated carbocycles. The zero-order valence-electron chi connectivity index (χ0n) is 37.7. The van der Waals surface area contributed by atoms with E-state index in [1.54, 1.807) is 29.0 Å². The summed E-state index contributed by atoms with van der Waals surface area (Å²) in [5.41, 5.74) is -0.976. The summed E-state index contributed by atoms with van der Waals surface area (Å²) in [6.07, 6.45) is -5.64. The van der Waals surface area contributed by atoms with E-state index in [1.807, 2.05) is 0 Å². The normalized spacial score (nSPS) is 29.7. The molecule has 2 bridgehead atoms. The molecule has 3 fully saturated rings. The lowest BCUT2D eigenvalue weighted by Gasteiger charge is -2.45. The second-order valence-electron chi connectivity index (χ2n) is 17.6. The molecule has 23 nitrogen and oxygen atoms in total. The number of nitrogens with one attached hydrogen (secondary N) is 3. The van der Waals surface area contributed by atoms with Gasteiger partial charge >= 0.3 is 13.4 Å².